The van der Waals surface area contributed by atoms with Crippen molar-refractivity contribution in [3.8, 4) is 5.75 Å². The minimum Gasteiger partial charge on any atom is -0.497 e. The van der Waals surface area contributed by atoms with Crippen molar-refractivity contribution in [1.29, 1.82) is 0 Å². The fraction of sp³-hybridized carbons (Fsp3) is 0.125. The topological polar surface area (TPSA) is 44.1 Å². The van der Waals surface area contributed by atoms with Gasteiger partial charge in [0.05, 0.1) is 30.9 Å². The maximum atomic E-state index is 12.1. The lowest BCUT2D eigenvalue weighted by Crippen LogP contribution is -2.21. The highest BCUT2D eigenvalue weighted by Crippen LogP contribution is 2.15. The van der Waals surface area contributed by atoms with Gasteiger partial charge in [-0.05, 0) is 29.8 Å². The first-order chi connectivity index (χ1) is 9.78. The first kappa shape index (κ1) is 12.4. The Bertz CT molecular complexity index is 809. The molecule has 0 saturated carbocycles. The molecule has 0 aliphatic carbocycles. The normalized spacial score (nSPS) is 10.7. The van der Waals surface area contributed by atoms with Crippen LogP contribution in [0, 0.1) is 0 Å². The van der Waals surface area contributed by atoms with Gasteiger partial charge >= 0.3 is 0 Å². The Morgan fingerprint density at radius 2 is 2.00 bits per heavy atom. The molecule has 4 nitrogen and oxygen atoms in total. The molecule has 1 aromatic heterocycles. The summed E-state index contributed by atoms with van der Waals surface area (Å²) in [6, 6.07) is 15.3. The predicted molar refractivity (Wildman–Crippen MR) is 78.1 cm³/mol. The summed E-state index contributed by atoms with van der Waals surface area (Å²) in [5.74, 6) is 0.786. The molecule has 4 heteroatoms. The van der Waals surface area contributed by atoms with Crippen LogP contribution in [0.4, 0.5) is 0 Å². The van der Waals surface area contributed by atoms with Gasteiger partial charge in [0.25, 0.3) is 5.56 Å². The van der Waals surface area contributed by atoms with Gasteiger partial charge in [-0.2, -0.15) is 0 Å². The molecule has 2 aromatic carbocycles. The molecule has 3 rings (SSSR count). The Morgan fingerprint density at radius 1 is 1.15 bits per heavy atom. The van der Waals surface area contributed by atoms with Crippen LogP contribution < -0.4 is 10.3 Å². The first-order valence-electron chi connectivity index (χ1n) is 6.35. The molecule has 0 radical (unpaired) electrons. The minimum atomic E-state index is -0.105. The van der Waals surface area contributed by atoms with Gasteiger partial charge in [0, 0.05) is 0 Å². The molecule has 1 heterocycles. The average molecular weight is 266 g/mol. The Labute approximate surface area is 116 Å². The quantitative estimate of drug-likeness (QED) is 0.731. The summed E-state index contributed by atoms with van der Waals surface area (Å²) in [4.78, 5) is 16.2. The number of fused-ring (bicyclic) bond motifs is 1. The summed E-state index contributed by atoms with van der Waals surface area (Å²) in [5.41, 5.74) is 2.56. The van der Waals surface area contributed by atoms with Gasteiger partial charge in [-0.1, -0.05) is 24.3 Å². The highest BCUT2D eigenvalue weighted by molar-refractivity contribution is 5.74. The molecule has 0 bridgehead atoms. The van der Waals surface area contributed by atoms with Crippen molar-refractivity contribution >= 4 is 11.0 Å². The van der Waals surface area contributed by atoms with E-state index in [9.17, 15) is 4.79 Å². The first-order valence-corrected chi connectivity index (χ1v) is 6.35. The Kier molecular flexibility index (Phi) is 3.21. The van der Waals surface area contributed by atoms with E-state index in [1.165, 1.54) is 6.20 Å². The van der Waals surface area contributed by atoms with Gasteiger partial charge < -0.3 is 9.30 Å². The fourth-order valence-corrected chi connectivity index (χ4v) is 2.23. The number of aromatic nitrogens is 2. The summed E-state index contributed by atoms with van der Waals surface area (Å²) in [5, 5.41) is 0. The third-order valence-electron chi connectivity index (χ3n) is 3.23. The monoisotopic (exact) mass is 266 g/mol. The molecular formula is C16H14N2O2. The second-order valence-electron chi connectivity index (χ2n) is 4.52. The van der Waals surface area contributed by atoms with Gasteiger partial charge in [-0.3, -0.25) is 4.79 Å². The van der Waals surface area contributed by atoms with Crippen LogP contribution in [0.2, 0.25) is 0 Å². The summed E-state index contributed by atoms with van der Waals surface area (Å²) in [6.45, 7) is 0.499. The number of methoxy groups -OCH3 is 1. The molecule has 0 atom stereocenters. The fourth-order valence-electron chi connectivity index (χ4n) is 2.23. The molecule has 0 aliphatic heterocycles. The van der Waals surface area contributed by atoms with Gasteiger partial charge in [-0.15, -0.1) is 0 Å². The molecule has 0 fully saturated rings. The zero-order valence-corrected chi connectivity index (χ0v) is 11.1. The standard InChI is InChI=1S/C16H14N2O2/c1-20-13-6-4-5-12(9-13)11-18-15-8-3-2-7-14(15)17-10-16(18)19/h2-10H,11H2,1H3. The molecular weight excluding hydrogens is 252 g/mol. The van der Waals surface area contributed by atoms with E-state index in [0.717, 1.165) is 22.3 Å². The maximum absolute atomic E-state index is 12.1. The number of rotatable bonds is 3. The van der Waals surface area contributed by atoms with E-state index in [0.29, 0.717) is 6.54 Å². The van der Waals surface area contributed by atoms with E-state index in [4.69, 9.17) is 4.74 Å². The molecule has 0 aliphatic rings. The van der Waals surface area contributed by atoms with Crippen LogP contribution in [-0.2, 0) is 6.54 Å². The maximum Gasteiger partial charge on any atom is 0.269 e. The second kappa shape index (κ2) is 5.17. The summed E-state index contributed by atoms with van der Waals surface area (Å²) < 4.78 is 6.93. The number of hydrogen-bond donors (Lipinski definition) is 0. The minimum absolute atomic E-state index is 0.105. The number of ether oxygens (including phenoxy) is 1. The van der Waals surface area contributed by atoms with Gasteiger partial charge in [0.2, 0.25) is 0 Å². The van der Waals surface area contributed by atoms with Crippen LogP contribution >= 0.6 is 0 Å². The van der Waals surface area contributed by atoms with Crippen molar-refractivity contribution in [2.45, 2.75) is 6.54 Å². The van der Waals surface area contributed by atoms with Crippen molar-refractivity contribution in [1.82, 2.24) is 9.55 Å². The van der Waals surface area contributed by atoms with Gasteiger partial charge in [0.1, 0.15) is 5.75 Å². The molecule has 0 saturated heterocycles. The summed E-state index contributed by atoms with van der Waals surface area (Å²) >= 11 is 0. The third-order valence-corrected chi connectivity index (χ3v) is 3.23. The van der Waals surface area contributed by atoms with E-state index < -0.39 is 0 Å². The Morgan fingerprint density at radius 3 is 2.85 bits per heavy atom. The van der Waals surface area contributed by atoms with E-state index in [1.807, 2.05) is 48.5 Å². The zero-order valence-electron chi connectivity index (χ0n) is 11.1. The number of nitrogens with zero attached hydrogens (tertiary/aromatic N) is 2. The van der Waals surface area contributed by atoms with Crippen LogP contribution in [0.3, 0.4) is 0 Å². The Balaban J connectivity index is 2.10. The second-order valence-corrected chi connectivity index (χ2v) is 4.52. The lowest BCUT2D eigenvalue weighted by atomic mass is 10.2. The van der Waals surface area contributed by atoms with Gasteiger partial charge in [0.15, 0.2) is 0 Å². The lowest BCUT2D eigenvalue weighted by Gasteiger charge is -2.10. The van der Waals surface area contributed by atoms with Crippen LogP contribution in [0.15, 0.2) is 59.5 Å². The molecule has 0 spiro atoms. The van der Waals surface area contributed by atoms with Crippen molar-refractivity contribution in [3.63, 3.8) is 0 Å². The van der Waals surface area contributed by atoms with E-state index in [2.05, 4.69) is 4.98 Å². The predicted octanol–water partition coefficient (Wildman–Crippen LogP) is 2.45. The van der Waals surface area contributed by atoms with Crippen molar-refractivity contribution in [3.05, 3.63) is 70.6 Å². The Hall–Kier alpha value is -2.62. The van der Waals surface area contributed by atoms with Crippen LogP contribution in [0.5, 0.6) is 5.75 Å². The highest BCUT2D eigenvalue weighted by atomic mass is 16.5. The number of benzene rings is 2. The van der Waals surface area contributed by atoms with Crippen LogP contribution in [-0.4, -0.2) is 16.7 Å². The van der Waals surface area contributed by atoms with Gasteiger partial charge in [-0.25, -0.2) is 4.98 Å². The van der Waals surface area contributed by atoms with E-state index in [-0.39, 0.29) is 5.56 Å². The highest BCUT2D eigenvalue weighted by Gasteiger charge is 2.05. The smallest absolute Gasteiger partial charge is 0.269 e. The summed E-state index contributed by atoms with van der Waals surface area (Å²) in [6.07, 6.45) is 1.36. The molecule has 0 unspecified atom stereocenters. The zero-order chi connectivity index (χ0) is 13.9. The van der Waals surface area contributed by atoms with Crippen LogP contribution in [0.1, 0.15) is 5.56 Å². The SMILES string of the molecule is COc1cccc(Cn2c(=O)cnc3ccccc32)c1. The van der Waals surface area contributed by atoms with E-state index >= 15 is 0 Å². The average Bonchev–Trinajstić information content (AvgIpc) is 2.50. The van der Waals surface area contributed by atoms with E-state index in [1.54, 1.807) is 11.7 Å². The number of hydrogen-bond acceptors (Lipinski definition) is 3. The molecule has 100 valence electrons. The largest absolute Gasteiger partial charge is 0.497 e. The lowest BCUT2D eigenvalue weighted by molar-refractivity contribution is 0.414. The summed E-state index contributed by atoms with van der Waals surface area (Å²) in [7, 11) is 1.63. The van der Waals surface area contributed by atoms with Crippen molar-refractivity contribution in [2.24, 2.45) is 0 Å². The van der Waals surface area contributed by atoms with Crippen molar-refractivity contribution in [2.75, 3.05) is 7.11 Å². The third kappa shape index (κ3) is 2.28. The van der Waals surface area contributed by atoms with Crippen LogP contribution in [0.25, 0.3) is 11.0 Å². The number of para-hydroxylation sites is 2. The molecule has 20 heavy (non-hydrogen) atoms. The molecule has 3 aromatic rings. The van der Waals surface area contributed by atoms with Crippen molar-refractivity contribution < 1.29 is 4.74 Å². The molecule has 0 amide bonds. The molecule has 0 N–H and O–H groups in total.